The van der Waals surface area contributed by atoms with E-state index in [1.54, 1.807) is 18.5 Å². The maximum atomic E-state index is 12.6. The van der Waals surface area contributed by atoms with Crippen LogP contribution in [0.5, 0.6) is 0 Å². The normalized spacial score (nSPS) is 21.9. The average Bonchev–Trinajstić information content (AvgIpc) is 3.02. The first-order valence-corrected chi connectivity index (χ1v) is 10.0. The van der Waals surface area contributed by atoms with Gasteiger partial charge < -0.3 is 14.0 Å². The number of amides is 1. The number of fused-ring (bicyclic) bond motifs is 4. The quantitative estimate of drug-likeness (QED) is 0.619. The zero-order valence-corrected chi connectivity index (χ0v) is 17.4. The summed E-state index contributed by atoms with van der Waals surface area (Å²) in [4.78, 5) is 31.2. The number of carbonyl (C=O) groups excluding carboxylic acids is 1. The average molecular weight is 482 g/mol. The Morgan fingerprint density at radius 3 is 2.81 bits per heavy atom. The number of imidazole rings is 1. The van der Waals surface area contributed by atoms with Crippen molar-refractivity contribution < 1.29 is 4.79 Å². The number of aryl methyl sites for hydroxylation is 1. The summed E-state index contributed by atoms with van der Waals surface area (Å²) in [6, 6.07) is 1.82. The summed E-state index contributed by atoms with van der Waals surface area (Å²) in [6.07, 6.45) is 7.92. The summed E-state index contributed by atoms with van der Waals surface area (Å²) >= 11 is 6.93. The highest BCUT2D eigenvalue weighted by Gasteiger charge is 2.37. The van der Waals surface area contributed by atoms with Gasteiger partial charge in [-0.05, 0) is 56.3 Å². The van der Waals surface area contributed by atoms with Gasteiger partial charge in [0.25, 0.3) is 5.56 Å². The first-order chi connectivity index (χ1) is 12.4. The molecule has 0 aliphatic carbocycles. The molecule has 2 atom stereocenters. The predicted molar refractivity (Wildman–Crippen MR) is 106 cm³/mol. The molecule has 2 aliphatic rings. The molecule has 0 radical (unpaired) electrons. The van der Waals surface area contributed by atoms with Gasteiger partial charge >= 0.3 is 0 Å². The largest absolute Gasteiger partial charge is 0.340 e. The number of pyridine rings is 1. The molecule has 2 aromatic heterocycles. The lowest BCUT2D eigenvalue weighted by Gasteiger charge is -2.43. The molecule has 0 spiro atoms. The van der Waals surface area contributed by atoms with Crippen molar-refractivity contribution in [2.24, 2.45) is 13.0 Å². The van der Waals surface area contributed by atoms with Gasteiger partial charge in [0.05, 0.1) is 16.5 Å². The van der Waals surface area contributed by atoms with E-state index >= 15 is 0 Å². The van der Waals surface area contributed by atoms with Crippen LogP contribution < -0.4 is 5.56 Å². The van der Waals surface area contributed by atoms with E-state index in [1.165, 1.54) is 0 Å². The Hall–Kier alpha value is -1.67. The van der Waals surface area contributed by atoms with Crippen LogP contribution in [-0.4, -0.2) is 38.0 Å². The monoisotopic (exact) mass is 480 g/mol. The third-order valence-corrected chi connectivity index (χ3v) is 6.24. The molecule has 2 aliphatic heterocycles. The van der Waals surface area contributed by atoms with E-state index in [9.17, 15) is 9.59 Å². The van der Waals surface area contributed by atoms with Gasteiger partial charge in [0, 0.05) is 55.0 Å². The van der Waals surface area contributed by atoms with Gasteiger partial charge in [0.2, 0.25) is 5.91 Å². The molecule has 2 bridgehead atoms. The number of carbonyl (C=O) groups is 1. The number of hydrogen-bond acceptors (Lipinski definition) is 3. The lowest BCUT2D eigenvalue weighted by atomic mass is 9.83. The molecule has 1 saturated heterocycles. The van der Waals surface area contributed by atoms with Crippen molar-refractivity contribution in [3.8, 4) is 0 Å². The first kappa shape index (κ1) is 17.7. The molecule has 0 aromatic carbocycles. The lowest BCUT2D eigenvalue weighted by molar-refractivity contribution is -0.128. The van der Waals surface area contributed by atoms with Crippen molar-refractivity contribution >= 4 is 43.8 Å². The molecule has 1 fully saturated rings. The molecule has 1 amide bonds. The molecular formula is C18H18Br2N4O2. The number of likely N-dealkylation sites (tertiary alicyclic amines) is 1. The predicted octanol–water partition coefficient (Wildman–Crippen LogP) is 2.77. The summed E-state index contributed by atoms with van der Waals surface area (Å²) < 4.78 is 5.20. The fraction of sp³-hybridized carbons (Fsp3) is 0.389. The molecule has 4 rings (SSSR count). The highest BCUT2D eigenvalue weighted by molar-refractivity contribution is 9.11. The first-order valence-electron chi connectivity index (χ1n) is 8.46. The molecular weight excluding hydrogens is 464 g/mol. The van der Waals surface area contributed by atoms with Crippen LogP contribution in [0, 0.1) is 5.92 Å². The second-order valence-electron chi connectivity index (χ2n) is 6.98. The van der Waals surface area contributed by atoms with Crippen LogP contribution in [0.2, 0.25) is 0 Å². The summed E-state index contributed by atoms with van der Waals surface area (Å²) in [7, 11) is 1.90. The summed E-state index contributed by atoms with van der Waals surface area (Å²) in [5.41, 5.74) is 1.77. The zero-order valence-electron chi connectivity index (χ0n) is 14.2. The topological polar surface area (TPSA) is 60.1 Å². The fourth-order valence-electron chi connectivity index (χ4n) is 3.96. The minimum Gasteiger partial charge on any atom is -0.340 e. The molecule has 26 heavy (non-hydrogen) atoms. The molecule has 2 aromatic rings. The lowest BCUT2D eigenvalue weighted by Crippen LogP contribution is -2.49. The Morgan fingerprint density at radius 2 is 2.08 bits per heavy atom. The minimum atomic E-state index is -0.00520. The van der Waals surface area contributed by atoms with Crippen LogP contribution in [0.1, 0.15) is 23.7 Å². The van der Waals surface area contributed by atoms with Gasteiger partial charge in [0.1, 0.15) is 0 Å². The van der Waals surface area contributed by atoms with Crippen LogP contribution >= 0.6 is 31.9 Å². The highest BCUT2D eigenvalue weighted by Crippen LogP contribution is 2.39. The van der Waals surface area contributed by atoms with Crippen molar-refractivity contribution in [1.82, 2.24) is 19.0 Å². The van der Waals surface area contributed by atoms with E-state index in [-0.39, 0.29) is 17.4 Å². The van der Waals surface area contributed by atoms with E-state index in [4.69, 9.17) is 0 Å². The van der Waals surface area contributed by atoms with Crippen LogP contribution in [0.15, 0.2) is 38.4 Å². The Bertz CT molecular complexity index is 963. The molecule has 0 saturated carbocycles. The molecule has 6 nitrogen and oxygen atoms in total. The van der Waals surface area contributed by atoms with Crippen molar-refractivity contribution in [3.63, 3.8) is 0 Å². The van der Waals surface area contributed by atoms with Gasteiger partial charge in [-0.15, -0.1) is 0 Å². The van der Waals surface area contributed by atoms with Crippen LogP contribution in [0.3, 0.4) is 0 Å². The third-order valence-electron chi connectivity index (χ3n) is 5.04. The number of nitrogens with zero attached hydrogens (tertiary/aromatic N) is 4. The van der Waals surface area contributed by atoms with Crippen molar-refractivity contribution in [2.75, 3.05) is 13.1 Å². The van der Waals surface area contributed by atoms with Gasteiger partial charge in [-0.1, -0.05) is 0 Å². The van der Waals surface area contributed by atoms with E-state index in [1.807, 2.05) is 33.3 Å². The van der Waals surface area contributed by atoms with E-state index < -0.39 is 0 Å². The van der Waals surface area contributed by atoms with Crippen molar-refractivity contribution in [1.29, 1.82) is 0 Å². The maximum absolute atomic E-state index is 12.6. The second kappa shape index (κ2) is 6.81. The van der Waals surface area contributed by atoms with Crippen LogP contribution in [0.25, 0.3) is 6.08 Å². The standard InChI is InChI=1S/C18H18Br2N4O2/c1-22-9-13(21-10-22)2-3-16(25)23-6-11-4-12(8-23)17-14(19)5-15(20)18(26)24(17)7-11/h2-3,5,9-12H,4,6-8H2,1H3/b3-2+/t11-,12+/m0/s1. The molecule has 8 heteroatoms. The number of rotatable bonds is 2. The second-order valence-corrected chi connectivity index (χ2v) is 8.69. The third kappa shape index (κ3) is 3.20. The van der Waals surface area contributed by atoms with Gasteiger partial charge in [-0.3, -0.25) is 9.59 Å². The smallest absolute Gasteiger partial charge is 0.265 e. The molecule has 4 heterocycles. The minimum absolute atomic E-state index is 0.00520. The summed E-state index contributed by atoms with van der Waals surface area (Å²) in [6.45, 7) is 1.95. The number of hydrogen-bond donors (Lipinski definition) is 0. The van der Waals surface area contributed by atoms with Crippen molar-refractivity contribution in [3.05, 3.63) is 55.4 Å². The SMILES string of the molecule is Cn1cnc(/C=C/C(=O)N2C[C@@H]3C[C@H](C2)c2c(Br)cc(Br)c(=O)n2C3)c1. The van der Waals surface area contributed by atoms with Crippen LogP contribution in [0.4, 0.5) is 0 Å². The summed E-state index contributed by atoms with van der Waals surface area (Å²) in [5, 5.41) is 0. The number of piperidine rings is 1. The zero-order chi connectivity index (χ0) is 18.4. The molecule has 0 N–H and O–H groups in total. The number of aromatic nitrogens is 3. The number of halogens is 2. The molecule has 0 unspecified atom stereocenters. The van der Waals surface area contributed by atoms with Gasteiger partial charge in [0.15, 0.2) is 0 Å². The van der Waals surface area contributed by atoms with E-state index in [0.29, 0.717) is 30.0 Å². The van der Waals surface area contributed by atoms with Gasteiger partial charge in [-0.25, -0.2) is 4.98 Å². The fourth-order valence-corrected chi connectivity index (χ4v) is 5.48. The highest BCUT2D eigenvalue weighted by atomic mass is 79.9. The van der Waals surface area contributed by atoms with E-state index in [0.717, 1.165) is 22.3 Å². The Labute approximate surface area is 167 Å². The summed E-state index contributed by atoms with van der Waals surface area (Å²) in [5.74, 6) is 0.464. The van der Waals surface area contributed by atoms with Crippen molar-refractivity contribution in [2.45, 2.75) is 18.9 Å². The molecule has 136 valence electrons. The van der Waals surface area contributed by atoms with E-state index in [2.05, 4.69) is 36.8 Å². The Morgan fingerprint density at radius 1 is 1.27 bits per heavy atom. The Kier molecular flexibility index (Phi) is 4.64. The van der Waals surface area contributed by atoms with Gasteiger partial charge in [-0.2, -0.15) is 0 Å². The maximum Gasteiger partial charge on any atom is 0.265 e. The Balaban J connectivity index is 1.57. The van der Waals surface area contributed by atoms with Crippen LogP contribution in [-0.2, 0) is 18.4 Å².